The highest BCUT2D eigenvalue weighted by molar-refractivity contribution is 5.85. The summed E-state index contributed by atoms with van der Waals surface area (Å²) in [4.78, 5) is 12.3. The predicted octanol–water partition coefficient (Wildman–Crippen LogP) is 3.01. The van der Waals surface area contributed by atoms with Gasteiger partial charge < -0.3 is 20.1 Å². The van der Waals surface area contributed by atoms with E-state index in [0.29, 0.717) is 19.9 Å². The highest BCUT2D eigenvalue weighted by atomic mass is 35.5. The fraction of sp³-hybridized carbons (Fsp3) is 0.632. The molecule has 1 aliphatic heterocycles. The third-order valence-electron chi connectivity index (χ3n) is 5.35. The van der Waals surface area contributed by atoms with Crippen molar-refractivity contribution >= 4 is 18.3 Å². The summed E-state index contributed by atoms with van der Waals surface area (Å²) in [6.45, 7) is 3.65. The van der Waals surface area contributed by atoms with Crippen molar-refractivity contribution in [2.45, 2.75) is 44.4 Å². The number of carbonyl (C=O) groups excluding carboxylic acids is 1. The number of carbonyl (C=O) groups is 1. The highest BCUT2D eigenvalue weighted by Crippen LogP contribution is 2.43. The van der Waals surface area contributed by atoms with Gasteiger partial charge in [0.25, 0.3) is 0 Å². The standard InChI is InChI=1S/C19H28N2O3.ClH/c1-14(11-20-2)18(22)21-12-19(8-4-3-5-9-19)15-6-7-16-17(10-15)24-13-23-16;/h6-7,10,14,20H,3-5,8-9,11-13H2,1-2H3,(H,21,22);1H. The van der Waals surface area contributed by atoms with E-state index in [2.05, 4.69) is 22.8 Å². The van der Waals surface area contributed by atoms with Gasteiger partial charge in [-0.2, -0.15) is 0 Å². The van der Waals surface area contributed by atoms with Crippen molar-refractivity contribution in [3.63, 3.8) is 0 Å². The summed E-state index contributed by atoms with van der Waals surface area (Å²) in [6.07, 6.45) is 5.89. The molecule has 1 saturated carbocycles. The Hall–Kier alpha value is -1.46. The van der Waals surface area contributed by atoms with Crippen LogP contribution in [0.25, 0.3) is 0 Å². The second-order valence-electron chi connectivity index (χ2n) is 7.09. The molecule has 2 N–H and O–H groups in total. The van der Waals surface area contributed by atoms with Crippen LogP contribution in [0, 0.1) is 5.92 Å². The van der Waals surface area contributed by atoms with Gasteiger partial charge in [0.05, 0.1) is 0 Å². The number of benzene rings is 1. The first-order chi connectivity index (χ1) is 11.6. The average molecular weight is 369 g/mol. The fourth-order valence-corrected chi connectivity index (χ4v) is 3.85. The highest BCUT2D eigenvalue weighted by Gasteiger charge is 2.35. The molecule has 1 atom stereocenters. The molecule has 1 aliphatic carbocycles. The lowest BCUT2D eigenvalue weighted by Crippen LogP contribution is -2.44. The molecule has 1 heterocycles. The van der Waals surface area contributed by atoms with Crippen LogP contribution in [0.15, 0.2) is 18.2 Å². The molecule has 140 valence electrons. The van der Waals surface area contributed by atoms with E-state index in [9.17, 15) is 4.79 Å². The van der Waals surface area contributed by atoms with Crippen LogP contribution in [-0.4, -0.2) is 32.8 Å². The third-order valence-corrected chi connectivity index (χ3v) is 5.35. The van der Waals surface area contributed by atoms with Crippen LogP contribution in [-0.2, 0) is 10.2 Å². The smallest absolute Gasteiger partial charge is 0.231 e. The molecule has 6 heteroatoms. The van der Waals surface area contributed by atoms with E-state index in [1.54, 1.807) is 0 Å². The van der Waals surface area contributed by atoms with Crippen molar-refractivity contribution in [3.8, 4) is 11.5 Å². The molecule has 0 spiro atoms. The molecule has 0 radical (unpaired) electrons. The number of ether oxygens (including phenoxy) is 2. The number of rotatable bonds is 6. The lowest BCUT2D eigenvalue weighted by molar-refractivity contribution is -0.124. The zero-order chi connectivity index (χ0) is 17.0. The molecule has 25 heavy (non-hydrogen) atoms. The van der Waals surface area contributed by atoms with Gasteiger partial charge in [-0.05, 0) is 37.6 Å². The summed E-state index contributed by atoms with van der Waals surface area (Å²) in [7, 11) is 1.87. The van der Waals surface area contributed by atoms with E-state index in [4.69, 9.17) is 9.47 Å². The lowest BCUT2D eigenvalue weighted by Gasteiger charge is -2.38. The van der Waals surface area contributed by atoms with E-state index < -0.39 is 0 Å². The Morgan fingerprint density at radius 3 is 2.64 bits per heavy atom. The van der Waals surface area contributed by atoms with Crippen LogP contribution in [0.1, 0.15) is 44.6 Å². The lowest BCUT2D eigenvalue weighted by atomic mass is 9.69. The Morgan fingerprint density at radius 2 is 1.92 bits per heavy atom. The van der Waals surface area contributed by atoms with E-state index >= 15 is 0 Å². The summed E-state index contributed by atoms with van der Waals surface area (Å²) < 4.78 is 11.0. The van der Waals surface area contributed by atoms with Gasteiger partial charge in [-0.25, -0.2) is 0 Å². The van der Waals surface area contributed by atoms with Crippen molar-refractivity contribution in [1.29, 1.82) is 0 Å². The average Bonchev–Trinajstić information content (AvgIpc) is 3.08. The second-order valence-corrected chi connectivity index (χ2v) is 7.09. The van der Waals surface area contributed by atoms with Crippen LogP contribution in [0.3, 0.4) is 0 Å². The summed E-state index contributed by atoms with van der Waals surface area (Å²) in [5.41, 5.74) is 1.27. The zero-order valence-corrected chi connectivity index (χ0v) is 15.9. The molecule has 1 unspecified atom stereocenters. The van der Waals surface area contributed by atoms with E-state index in [0.717, 1.165) is 24.3 Å². The minimum atomic E-state index is -0.0209. The van der Waals surface area contributed by atoms with Crippen LogP contribution in [0.5, 0.6) is 11.5 Å². The molecule has 2 aliphatic rings. The summed E-state index contributed by atoms with van der Waals surface area (Å²) >= 11 is 0. The van der Waals surface area contributed by atoms with Crippen molar-refractivity contribution in [2.24, 2.45) is 5.92 Å². The number of nitrogens with one attached hydrogen (secondary N) is 2. The molecule has 1 fully saturated rings. The van der Waals surface area contributed by atoms with Crippen LogP contribution < -0.4 is 20.1 Å². The summed E-state index contributed by atoms with van der Waals surface area (Å²) in [5.74, 6) is 1.74. The van der Waals surface area contributed by atoms with Gasteiger partial charge >= 0.3 is 0 Å². The van der Waals surface area contributed by atoms with Gasteiger partial charge in [-0.15, -0.1) is 12.4 Å². The van der Waals surface area contributed by atoms with Gasteiger partial charge in [0.1, 0.15) is 0 Å². The van der Waals surface area contributed by atoms with Crippen molar-refractivity contribution in [1.82, 2.24) is 10.6 Å². The maximum atomic E-state index is 12.3. The molecule has 0 saturated heterocycles. The predicted molar refractivity (Wildman–Crippen MR) is 101 cm³/mol. The maximum absolute atomic E-state index is 12.3. The van der Waals surface area contributed by atoms with Gasteiger partial charge in [-0.3, -0.25) is 4.79 Å². The van der Waals surface area contributed by atoms with Crippen molar-refractivity contribution in [3.05, 3.63) is 23.8 Å². The molecule has 1 amide bonds. The third kappa shape index (κ3) is 4.39. The van der Waals surface area contributed by atoms with Crippen LogP contribution in [0.4, 0.5) is 0 Å². The van der Waals surface area contributed by atoms with Gasteiger partial charge in [0.2, 0.25) is 12.7 Å². The second kappa shape index (κ2) is 8.77. The molecule has 1 aromatic carbocycles. The Balaban J connectivity index is 0.00000225. The Morgan fingerprint density at radius 1 is 1.20 bits per heavy atom. The summed E-state index contributed by atoms with van der Waals surface area (Å²) in [5, 5.41) is 6.26. The molecule has 1 aromatic rings. The number of halogens is 1. The minimum Gasteiger partial charge on any atom is -0.454 e. The van der Waals surface area contributed by atoms with E-state index in [-0.39, 0.29) is 29.6 Å². The molecule has 0 bridgehead atoms. The Labute approximate surface area is 156 Å². The topological polar surface area (TPSA) is 59.6 Å². The molecule has 0 aromatic heterocycles. The SMILES string of the molecule is CNCC(C)C(=O)NCC1(c2ccc3c(c2)OCO3)CCCCC1.Cl. The Bertz CT molecular complexity index is 588. The van der Waals surface area contributed by atoms with Gasteiger partial charge in [-0.1, -0.05) is 32.3 Å². The first-order valence-electron chi connectivity index (χ1n) is 8.97. The van der Waals surface area contributed by atoms with E-state index in [1.165, 1.54) is 24.8 Å². The molecular formula is C19H29ClN2O3. The maximum Gasteiger partial charge on any atom is 0.231 e. The van der Waals surface area contributed by atoms with Gasteiger partial charge in [0, 0.05) is 24.4 Å². The monoisotopic (exact) mass is 368 g/mol. The Kier molecular flexibility index (Phi) is 6.96. The fourth-order valence-electron chi connectivity index (χ4n) is 3.85. The largest absolute Gasteiger partial charge is 0.454 e. The first kappa shape index (κ1) is 19.9. The minimum absolute atomic E-state index is 0. The number of amides is 1. The van der Waals surface area contributed by atoms with E-state index in [1.807, 2.05) is 20.0 Å². The zero-order valence-electron chi connectivity index (χ0n) is 15.1. The van der Waals surface area contributed by atoms with Crippen LogP contribution >= 0.6 is 12.4 Å². The number of fused-ring (bicyclic) bond motifs is 1. The molecular weight excluding hydrogens is 340 g/mol. The first-order valence-corrected chi connectivity index (χ1v) is 8.97. The van der Waals surface area contributed by atoms with Crippen LogP contribution in [0.2, 0.25) is 0 Å². The number of hydrogen-bond donors (Lipinski definition) is 2. The quantitative estimate of drug-likeness (QED) is 0.810. The normalized spacial score (nSPS) is 19.0. The van der Waals surface area contributed by atoms with Gasteiger partial charge in [0.15, 0.2) is 11.5 Å². The summed E-state index contributed by atoms with van der Waals surface area (Å²) in [6, 6.07) is 6.25. The molecule has 5 nitrogen and oxygen atoms in total. The van der Waals surface area contributed by atoms with Crippen molar-refractivity contribution < 1.29 is 14.3 Å². The number of hydrogen-bond acceptors (Lipinski definition) is 4. The molecule has 3 rings (SSSR count). The van der Waals surface area contributed by atoms with Crippen molar-refractivity contribution in [2.75, 3.05) is 26.9 Å².